The standard InChI is InChI=1S/C37H38N2O5/c1-26-33(38-36(43-26)29-9-5-3-6-10-29)23-24-42-30-19-15-28(16-20-30)34-21-22-35(37(40)41-2)39(34)25-27-13-17-32(18-14-27)44-31-11-7-4-8-12-31/h3-15,17-20,28,34-35H,16,21-25H2,1-2H3/t28?,34-,35-/m1/s1. The van der Waals surface area contributed by atoms with Crippen LogP contribution in [0.1, 0.15) is 36.3 Å². The van der Waals surface area contributed by atoms with Gasteiger partial charge in [-0.05, 0) is 86.2 Å². The lowest BCUT2D eigenvalue weighted by molar-refractivity contribution is -0.146. The highest BCUT2D eigenvalue weighted by Gasteiger charge is 2.41. The highest BCUT2D eigenvalue weighted by molar-refractivity contribution is 5.76. The van der Waals surface area contributed by atoms with Gasteiger partial charge >= 0.3 is 5.97 Å². The normalized spacial score (nSPS) is 19.9. The maximum Gasteiger partial charge on any atom is 0.323 e. The molecule has 2 aliphatic rings. The number of carbonyl (C=O) groups excluding carboxylic acids is 1. The molecule has 0 saturated carbocycles. The minimum Gasteiger partial charge on any atom is -0.494 e. The Labute approximate surface area is 258 Å². The van der Waals surface area contributed by atoms with E-state index in [0.717, 1.165) is 59.1 Å². The van der Waals surface area contributed by atoms with Gasteiger partial charge in [-0.25, -0.2) is 4.98 Å². The summed E-state index contributed by atoms with van der Waals surface area (Å²) in [5.41, 5.74) is 3.01. The molecule has 7 heteroatoms. The molecule has 1 saturated heterocycles. The lowest BCUT2D eigenvalue weighted by Crippen LogP contribution is -2.43. The second kappa shape index (κ2) is 13.8. The Morgan fingerprint density at radius 3 is 2.39 bits per heavy atom. The average molecular weight is 591 g/mol. The second-order valence-electron chi connectivity index (χ2n) is 11.3. The number of oxazole rings is 1. The van der Waals surface area contributed by atoms with Gasteiger partial charge in [0.15, 0.2) is 0 Å². The van der Waals surface area contributed by atoms with Gasteiger partial charge in [-0.2, -0.15) is 0 Å². The minimum absolute atomic E-state index is 0.172. The smallest absolute Gasteiger partial charge is 0.323 e. The first-order chi connectivity index (χ1) is 21.6. The lowest BCUT2D eigenvalue weighted by atomic mass is 9.90. The number of benzene rings is 3. The fraction of sp³-hybridized carbons (Fsp3) is 0.297. The largest absolute Gasteiger partial charge is 0.494 e. The Morgan fingerprint density at radius 2 is 1.68 bits per heavy atom. The number of esters is 1. The van der Waals surface area contributed by atoms with Gasteiger partial charge in [0.05, 0.1) is 19.4 Å². The summed E-state index contributed by atoms with van der Waals surface area (Å²) in [4.78, 5) is 19.7. The molecule has 6 rings (SSSR count). The Hall–Kier alpha value is -4.62. The summed E-state index contributed by atoms with van der Waals surface area (Å²) in [5, 5.41) is 0. The van der Waals surface area contributed by atoms with Gasteiger partial charge in [0.2, 0.25) is 5.89 Å². The first-order valence-corrected chi connectivity index (χ1v) is 15.3. The van der Waals surface area contributed by atoms with Crippen LogP contribution in [0.15, 0.2) is 113 Å². The summed E-state index contributed by atoms with van der Waals surface area (Å²) in [7, 11) is 1.47. The molecule has 0 N–H and O–H groups in total. The summed E-state index contributed by atoms with van der Waals surface area (Å²) >= 11 is 0. The SMILES string of the molecule is COC(=O)[C@H]1CC[C@H](C2C=CC(OCCc3nc(-c4ccccc4)oc3C)=CC2)N1Cc1ccc(Oc2ccccc2)cc1. The lowest BCUT2D eigenvalue weighted by Gasteiger charge is -2.33. The molecule has 0 amide bonds. The molecule has 1 aliphatic heterocycles. The van der Waals surface area contributed by atoms with Crippen LogP contribution in [0.3, 0.4) is 0 Å². The van der Waals surface area contributed by atoms with Gasteiger partial charge in [-0.3, -0.25) is 9.69 Å². The number of para-hydroxylation sites is 1. The van der Waals surface area contributed by atoms with E-state index in [4.69, 9.17) is 18.6 Å². The quantitative estimate of drug-likeness (QED) is 0.166. The zero-order valence-electron chi connectivity index (χ0n) is 25.2. The molecule has 44 heavy (non-hydrogen) atoms. The van der Waals surface area contributed by atoms with E-state index in [1.807, 2.05) is 79.7 Å². The molecule has 1 aromatic heterocycles. The predicted octanol–water partition coefficient (Wildman–Crippen LogP) is 7.67. The second-order valence-corrected chi connectivity index (χ2v) is 11.3. The average Bonchev–Trinajstić information content (AvgIpc) is 3.66. The van der Waals surface area contributed by atoms with Crippen LogP contribution in [0.5, 0.6) is 11.5 Å². The van der Waals surface area contributed by atoms with E-state index in [1.165, 1.54) is 7.11 Å². The predicted molar refractivity (Wildman–Crippen MR) is 169 cm³/mol. The molecular weight excluding hydrogens is 552 g/mol. The molecule has 4 aromatic rings. The van der Waals surface area contributed by atoms with E-state index in [2.05, 4.69) is 40.2 Å². The number of allylic oxidation sites excluding steroid dienone is 2. The van der Waals surface area contributed by atoms with Gasteiger partial charge in [0, 0.05) is 24.6 Å². The highest BCUT2D eigenvalue weighted by Crippen LogP contribution is 2.36. The first kappa shape index (κ1) is 29.5. The molecule has 0 bridgehead atoms. The van der Waals surface area contributed by atoms with E-state index >= 15 is 0 Å². The number of aryl methyl sites for hydroxylation is 1. The van der Waals surface area contributed by atoms with Crippen LogP contribution >= 0.6 is 0 Å². The molecule has 0 radical (unpaired) electrons. The fourth-order valence-electron chi connectivity index (χ4n) is 6.11. The molecule has 1 aliphatic carbocycles. The highest BCUT2D eigenvalue weighted by atomic mass is 16.5. The molecule has 3 atom stereocenters. The zero-order chi connectivity index (χ0) is 30.3. The van der Waals surface area contributed by atoms with Crippen molar-refractivity contribution in [2.75, 3.05) is 13.7 Å². The van der Waals surface area contributed by atoms with Crippen molar-refractivity contribution in [1.29, 1.82) is 0 Å². The Kier molecular flexibility index (Phi) is 9.22. The Bertz CT molecular complexity index is 1590. The van der Waals surface area contributed by atoms with Crippen molar-refractivity contribution in [3.8, 4) is 23.0 Å². The van der Waals surface area contributed by atoms with Crippen LogP contribution in [0.4, 0.5) is 0 Å². The van der Waals surface area contributed by atoms with Crippen LogP contribution in [0, 0.1) is 12.8 Å². The number of aromatic nitrogens is 1. The molecule has 2 heterocycles. The number of hydrogen-bond acceptors (Lipinski definition) is 7. The minimum atomic E-state index is -0.258. The van der Waals surface area contributed by atoms with E-state index < -0.39 is 0 Å². The van der Waals surface area contributed by atoms with Crippen LogP contribution in [0.2, 0.25) is 0 Å². The molecule has 3 aromatic carbocycles. The maximum atomic E-state index is 12.7. The monoisotopic (exact) mass is 590 g/mol. The van der Waals surface area contributed by atoms with E-state index in [0.29, 0.717) is 25.5 Å². The van der Waals surface area contributed by atoms with Crippen molar-refractivity contribution in [3.63, 3.8) is 0 Å². The summed E-state index contributed by atoms with van der Waals surface area (Å²) < 4.78 is 23.2. The van der Waals surface area contributed by atoms with Gasteiger partial charge in [0.25, 0.3) is 0 Å². The number of rotatable bonds is 11. The number of methoxy groups -OCH3 is 1. The van der Waals surface area contributed by atoms with E-state index in [1.54, 1.807) is 0 Å². The van der Waals surface area contributed by atoms with E-state index in [9.17, 15) is 4.79 Å². The summed E-state index contributed by atoms with van der Waals surface area (Å²) in [6.07, 6.45) is 9.70. The molecule has 0 spiro atoms. The van der Waals surface area contributed by atoms with Gasteiger partial charge in [-0.1, -0.05) is 54.6 Å². The number of likely N-dealkylation sites (tertiary alicyclic amines) is 1. The Balaban J connectivity index is 1.05. The van der Waals surface area contributed by atoms with Crippen LogP contribution in [-0.4, -0.2) is 41.7 Å². The third kappa shape index (κ3) is 6.95. The molecule has 7 nitrogen and oxygen atoms in total. The number of nitrogens with zero attached hydrogens (tertiary/aromatic N) is 2. The Morgan fingerprint density at radius 1 is 0.955 bits per heavy atom. The topological polar surface area (TPSA) is 74.0 Å². The maximum absolute atomic E-state index is 12.7. The third-order valence-electron chi connectivity index (χ3n) is 8.42. The molecular formula is C37H38N2O5. The zero-order valence-corrected chi connectivity index (χ0v) is 25.2. The molecule has 226 valence electrons. The van der Waals surface area contributed by atoms with Crippen molar-refractivity contribution >= 4 is 5.97 Å². The fourth-order valence-corrected chi connectivity index (χ4v) is 6.11. The number of carbonyl (C=O) groups is 1. The van der Waals surface area contributed by atoms with Crippen molar-refractivity contribution in [2.45, 2.75) is 51.2 Å². The van der Waals surface area contributed by atoms with Crippen molar-refractivity contribution in [1.82, 2.24) is 9.88 Å². The number of ether oxygens (including phenoxy) is 3. The van der Waals surface area contributed by atoms with Crippen molar-refractivity contribution in [2.24, 2.45) is 5.92 Å². The summed E-state index contributed by atoms with van der Waals surface area (Å²) in [6, 6.07) is 27.8. The van der Waals surface area contributed by atoms with Gasteiger partial charge in [0.1, 0.15) is 29.1 Å². The van der Waals surface area contributed by atoms with E-state index in [-0.39, 0.29) is 24.0 Å². The van der Waals surface area contributed by atoms with Crippen LogP contribution < -0.4 is 4.74 Å². The number of hydrogen-bond donors (Lipinski definition) is 0. The van der Waals surface area contributed by atoms with Crippen LogP contribution in [0.25, 0.3) is 11.5 Å². The summed E-state index contributed by atoms with van der Waals surface area (Å²) in [6.45, 7) is 3.13. The first-order valence-electron chi connectivity index (χ1n) is 15.3. The van der Waals surface area contributed by atoms with Gasteiger partial charge < -0.3 is 18.6 Å². The molecule has 1 fully saturated rings. The van der Waals surface area contributed by atoms with Crippen molar-refractivity contribution in [3.05, 3.63) is 126 Å². The summed E-state index contributed by atoms with van der Waals surface area (Å²) in [5.74, 6) is 4.02. The third-order valence-corrected chi connectivity index (χ3v) is 8.42. The van der Waals surface area contributed by atoms with Gasteiger partial charge in [-0.15, -0.1) is 0 Å². The molecule has 1 unspecified atom stereocenters. The van der Waals surface area contributed by atoms with Crippen LogP contribution in [-0.2, 0) is 27.2 Å². The van der Waals surface area contributed by atoms with Crippen molar-refractivity contribution < 1.29 is 23.4 Å².